The Kier molecular flexibility index (Phi) is 5.88. The average Bonchev–Trinajstić information content (AvgIpc) is 2.81. The van der Waals surface area contributed by atoms with Crippen LogP contribution in [0.4, 0.5) is 5.69 Å². The number of hydrogen-bond donors (Lipinski definition) is 2. The number of nitrogens with one attached hydrogen (secondary N) is 1. The number of nitrogens with two attached hydrogens (primary N) is 1. The number of nitrogens with zero attached hydrogens (tertiary/aromatic N) is 1. The Labute approximate surface area is 159 Å². The Morgan fingerprint density at radius 2 is 1.75 bits per heavy atom. The van der Waals surface area contributed by atoms with E-state index in [2.05, 4.69) is 36.3 Å². The maximum Gasteiger partial charge on any atom is 0.193 e. The molecule has 0 unspecified atom stereocenters. The zero-order chi connectivity index (χ0) is 16.4. The minimum absolute atomic E-state index is 0. The monoisotopic (exact) mass is 435 g/mol. The molecule has 0 amide bonds. The van der Waals surface area contributed by atoms with Crippen LogP contribution in [0.1, 0.15) is 22.5 Å². The van der Waals surface area contributed by atoms with E-state index in [4.69, 9.17) is 10.2 Å². The van der Waals surface area contributed by atoms with Gasteiger partial charge in [-0.05, 0) is 50.1 Å². The molecule has 24 heavy (non-hydrogen) atoms. The summed E-state index contributed by atoms with van der Waals surface area (Å²) in [5.41, 5.74) is 11.3. The molecule has 2 aromatic carbocycles. The van der Waals surface area contributed by atoms with Crippen molar-refractivity contribution in [2.75, 3.05) is 5.32 Å². The van der Waals surface area contributed by atoms with Gasteiger partial charge in [0.15, 0.2) is 5.96 Å². The van der Waals surface area contributed by atoms with Crippen molar-refractivity contribution in [1.82, 2.24) is 0 Å². The Hall–Kier alpha value is -2.02. The average molecular weight is 435 g/mol. The molecule has 5 heteroatoms. The number of para-hydroxylation sites is 1. The molecule has 0 aliphatic rings. The number of fused-ring (bicyclic) bond motifs is 1. The maximum atomic E-state index is 6.00. The topological polar surface area (TPSA) is 63.5 Å². The van der Waals surface area contributed by atoms with Crippen LogP contribution in [0.25, 0.3) is 11.0 Å². The smallest absolute Gasteiger partial charge is 0.193 e. The number of hydrogen-bond acceptors (Lipinski definition) is 2. The first-order valence-electron chi connectivity index (χ1n) is 7.65. The summed E-state index contributed by atoms with van der Waals surface area (Å²) >= 11 is 0. The molecule has 1 aromatic heterocycles. The van der Waals surface area contributed by atoms with Crippen molar-refractivity contribution in [3.8, 4) is 0 Å². The van der Waals surface area contributed by atoms with Crippen LogP contribution in [0, 0.1) is 20.8 Å². The van der Waals surface area contributed by atoms with E-state index in [0.29, 0.717) is 12.5 Å². The molecule has 126 valence electrons. The molecule has 1 heterocycles. The largest absolute Gasteiger partial charge is 0.459 e. The van der Waals surface area contributed by atoms with Gasteiger partial charge in [-0.2, -0.15) is 0 Å². The van der Waals surface area contributed by atoms with Gasteiger partial charge < -0.3 is 15.5 Å². The van der Waals surface area contributed by atoms with Gasteiger partial charge in [0.25, 0.3) is 0 Å². The van der Waals surface area contributed by atoms with Crippen LogP contribution in [-0.2, 0) is 6.54 Å². The molecule has 0 saturated heterocycles. The molecule has 0 saturated carbocycles. The lowest BCUT2D eigenvalue weighted by Gasteiger charge is -2.07. The molecule has 3 rings (SSSR count). The SMILES string of the molecule is Cc1cc(C)cc(NC(N)=NCc2oc3ccccc3c2C)c1.I. The molecule has 4 nitrogen and oxygen atoms in total. The zero-order valence-corrected chi connectivity index (χ0v) is 16.4. The van der Waals surface area contributed by atoms with E-state index in [9.17, 15) is 0 Å². The Morgan fingerprint density at radius 3 is 2.42 bits per heavy atom. The van der Waals surface area contributed by atoms with E-state index >= 15 is 0 Å². The molecule has 0 atom stereocenters. The van der Waals surface area contributed by atoms with Gasteiger partial charge in [-0.3, -0.25) is 0 Å². The van der Waals surface area contributed by atoms with Gasteiger partial charge in [0.05, 0.1) is 0 Å². The Bertz CT molecular complexity index is 863. The highest BCUT2D eigenvalue weighted by Gasteiger charge is 2.09. The second-order valence-electron chi connectivity index (χ2n) is 5.85. The molecule has 0 spiro atoms. The third kappa shape index (κ3) is 4.08. The summed E-state index contributed by atoms with van der Waals surface area (Å²) in [6.07, 6.45) is 0. The summed E-state index contributed by atoms with van der Waals surface area (Å²) in [4.78, 5) is 4.39. The summed E-state index contributed by atoms with van der Waals surface area (Å²) < 4.78 is 5.85. The Balaban J connectivity index is 0.00000208. The Morgan fingerprint density at radius 1 is 1.08 bits per heavy atom. The number of furan rings is 1. The summed E-state index contributed by atoms with van der Waals surface area (Å²) in [5, 5.41) is 4.26. The van der Waals surface area contributed by atoms with Crippen LogP contribution >= 0.6 is 24.0 Å². The van der Waals surface area contributed by atoms with Crippen molar-refractivity contribution in [2.45, 2.75) is 27.3 Å². The summed E-state index contributed by atoms with van der Waals surface area (Å²) in [6, 6.07) is 14.2. The van der Waals surface area contributed by atoms with E-state index in [1.54, 1.807) is 0 Å². The normalized spacial score (nSPS) is 11.4. The first kappa shape index (κ1) is 18.3. The fourth-order valence-corrected chi connectivity index (χ4v) is 2.77. The fourth-order valence-electron chi connectivity index (χ4n) is 2.77. The van der Waals surface area contributed by atoms with E-state index in [-0.39, 0.29) is 24.0 Å². The quantitative estimate of drug-likeness (QED) is 0.349. The predicted octanol–water partition coefficient (Wildman–Crippen LogP) is 4.90. The molecule has 0 radical (unpaired) electrons. The number of benzene rings is 2. The second-order valence-corrected chi connectivity index (χ2v) is 5.85. The molecule has 3 aromatic rings. The third-order valence-corrected chi connectivity index (χ3v) is 3.83. The fraction of sp³-hybridized carbons (Fsp3) is 0.211. The minimum Gasteiger partial charge on any atom is -0.459 e. The molecule has 3 N–H and O–H groups in total. The number of aliphatic imine (C=N–C) groups is 1. The molecule has 0 bridgehead atoms. The highest BCUT2D eigenvalue weighted by molar-refractivity contribution is 14.0. The van der Waals surface area contributed by atoms with E-state index in [1.807, 2.05) is 37.3 Å². The van der Waals surface area contributed by atoms with Crippen LogP contribution in [0.5, 0.6) is 0 Å². The predicted molar refractivity (Wildman–Crippen MR) is 111 cm³/mol. The van der Waals surface area contributed by atoms with Crippen LogP contribution in [0.3, 0.4) is 0 Å². The minimum atomic E-state index is 0. The number of guanidine groups is 1. The van der Waals surface area contributed by atoms with Gasteiger partial charge in [0.2, 0.25) is 0 Å². The highest BCUT2D eigenvalue weighted by Crippen LogP contribution is 2.25. The number of aryl methyl sites for hydroxylation is 3. The number of anilines is 1. The summed E-state index contributed by atoms with van der Waals surface area (Å²) in [6.45, 7) is 6.58. The zero-order valence-electron chi connectivity index (χ0n) is 14.1. The summed E-state index contributed by atoms with van der Waals surface area (Å²) in [7, 11) is 0. The van der Waals surface area contributed by atoms with Crippen molar-refractivity contribution in [3.05, 3.63) is 64.9 Å². The lowest BCUT2D eigenvalue weighted by atomic mass is 10.1. The van der Waals surface area contributed by atoms with Gasteiger partial charge in [0, 0.05) is 16.6 Å². The van der Waals surface area contributed by atoms with Crippen molar-refractivity contribution >= 4 is 46.6 Å². The number of halogens is 1. The molecule has 0 fully saturated rings. The standard InChI is InChI=1S/C19H21N3O.HI/c1-12-8-13(2)10-15(9-12)22-19(20)21-11-18-14(3)16-6-4-5-7-17(16)23-18;/h4-10H,11H2,1-3H3,(H3,20,21,22);1H. The van der Waals surface area contributed by atoms with Gasteiger partial charge in [-0.25, -0.2) is 4.99 Å². The lowest BCUT2D eigenvalue weighted by molar-refractivity contribution is 0.549. The van der Waals surface area contributed by atoms with Gasteiger partial charge in [0.1, 0.15) is 17.9 Å². The van der Waals surface area contributed by atoms with E-state index in [1.165, 1.54) is 11.1 Å². The van der Waals surface area contributed by atoms with Crippen molar-refractivity contribution in [3.63, 3.8) is 0 Å². The molecule has 0 aliphatic carbocycles. The van der Waals surface area contributed by atoms with E-state index < -0.39 is 0 Å². The van der Waals surface area contributed by atoms with Gasteiger partial charge in [-0.1, -0.05) is 24.3 Å². The number of rotatable bonds is 3. The van der Waals surface area contributed by atoms with Crippen LogP contribution < -0.4 is 11.1 Å². The van der Waals surface area contributed by atoms with Crippen LogP contribution in [0.2, 0.25) is 0 Å². The molecule has 0 aliphatic heterocycles. The first-order chi connectivity index (χ1) is 11.0. The second kappa shape index (κ2) is 7.70. The first-order valence-corrected chi connectivity index (χ1v) is 7.65. The van der Waals surface area contributed by atoms with Crippen LogP contribution in [0.15, 0.2) is 51.9 Å². The van der Waals surface area contributed by atoms with Gasteiger partial charge in [-0.15, -0.1) is 24.0 Å². The maximum absolute atomic E-state index is 6.00. The third-order valence-electron chi connectivity index (χ3n) is 3.83. The van der Waals surface area contributed by atoms with Crippen molar-refractivity contribution in [2.24, 2.45) is 10.7 Å². The molecular weight excluding hydrogens is 413 g/mol. The lowest BCUT2D eigenvalue weighted by Crippen LogP contribution is -2.22. The van der Waals surface area contributed by atoms with E-state index in [0.717, 1.165) is 28.0 Å². The summed E-state index contributed by atoms with van der Waals surface area (Å²) in [5.74, 6) is 1.23. The van der Waals surface area contributed by atoms with Crippen LogP contribution in [-0.4, -0.2) is 5.96 Å². The van der Waals surface area contributed by atoms with Crippen molar-refractivity contribution < 1.29 is 4.42 Å². The van der Waals surface area contributed by atoms with Crippen molar-refractivity contribution in [1.29, 1.82) is 0 Å². The van der Waals surface area contributed by atoms with Gasteiger partial charge >= 0.3 is 0 Å². The highest BCUT2D eigenvalue weighted by atomic mass is 127. The molecular formula is C19H22IN3O.